The highest BCUT2D eigenvalue weighted by Crippen LogP contribution is 2.18. The predicted molar refractivity (Wildman–Crippen MR) is 124 cm³/mol. The Hall–Kier alpha value is -1.97. The minimum Gasteiger partial charge on any atom is -0.356 e. The highest BCUT2D eigenvalue weighted by molar-refractivity contribution is 14.0. The fraction of sp³-hybridized carbons (Fsp3) is 0.429. The topological polar surface area (TPSA) is 52.6 Å². The molecule has 5 nitrogen and oxygen atoms in total. The third-order valence-corrected chi connectivity index (χ3v) is 4.98. The summed E-state index contributed by atoms with van der Waals surface area (Å²) < 4.78 is 26.7. The van der Waals surface area contributed by atoms with Crippen LogP contribution in [0.1, 0.15) is 24.0 Å². The Morgan fingerprint density at radius 3 is 2.59 bits per heavy atom. The molecule has 2 aromatic rings. The molecule has 0 saturated carbocycles. The molecule has 1 aliphatic heterocycles. The van der Waals surface area contributed by atoms with Crippen molar-refractivity contribution in [3.05, 3.63) is 59.3 Å². The van der Waals surface area contributed by atoms with E-state index in [0.29, 0.717) is 30.5 Å². The van der Waals surface area contributed by atoms with Gasteiger partial charge in [0.1, 0.15) is 17.5 Å². The lowest BCUT2D eigenvalue weighted by atomic mass is 10.1. The number of hydrogen-bond donors (Lipinski definition) is 2. The number of anilines is 1. The molecule has 1 aliphatic rings. The van der Waals surface area contributed by atoms with E-state index in [1.165, 1.54) is 12.1 Å². The van der Waals surface area contributed by atoms with Gasteiger partial charge in [0.25, 0.3) is 0 Å². The number of nitrogens with one attached hydrogen (secondary N) is 2. The molecular weight excluding hydrogens is 487 g/mol. The fourth-order valence-corrected chi connectivity index (χ4v) is 3.33. The van der Waals surface area contributed by atoms with E-state index in [9.17, 15) is 8.78 Å². The number of pyridine rings is 1. The summed E-state index contributed by atoms with van der Waals surface area (Å²) in [5.41, 5.74) is 1.65. The monoisotopic (exact) mass is 515 g/mol. The number of rotatable bonds is 5. The SMILES string of the molecule is CN=C(NCCc1ccc(F)cc1F)NC1CCN(c2ccc(C)cn2)CC1.I. The molecule has 0 bridgehead atoms. The van der Waals surface area contributed by atoms with Gasteiger partial charge in [-0.1, -0.05) is 12.1 Å². The van der Waals surface area contributed by atoms with Crippen LogP contribution in [0, 0.1) is 18.6 Å². The number of aromatic nitrogens is 1. The Morgan fingerprint density at radius 1 is 1.21 bits per heavy atom. The van der Waals surface area contributed by atoms with Gasteiger partial charge < -0.3 is 15.5 Å². The third-order valence-electron chi connectivity index (χ3n) is 4.98. The van der Waals surface area contributed by atoms with Gasteiger partial charge in [-0.05, 0) is 49.4 Å². The van der Waals surface area contributed by atoms with Crippen LogP contribution in [0.4, 0.5) is 14.6 Å². The Labute approximate surface area is 188 Å². The summed E-state index contributed by atoms with van der Waals surface area (Å²) in [4.78, 5) is 11.0. The second-order valence-electron chi connectivity index (χ2n) is 7.08. The van der Waals surface area contributed by atoms with Crippen LogP contribution < -0.4 is 15.5 Å². The molecule has 1 saturated heterocycles. The van der Waals surface area contributed by atoms with Crippen molar-refractivity contribution in [2.75, 3.05) is 31.6 Å². The Bertz CT molecular complexity index is 805. The Balaban J connectivity index is 0.00000300. The standard InChI is InChI=1S/C21H27F2N5.HI/c1-15-3-6-20(26-14-15)28-11-8-18(9-12-28)27-21(24-2)25-10-7-16-4-5-17(22)13-19(16)23;/h3-6,13-14,18H,7-12H2,1-2H3,(H2,24,25,27);1H. The lowest BCUT2D eigenvalue weighted by molar-refractivity contribution is 0.459. The number of nitrogens with zero attached hydrogens (tertiary/aromatic N) is 3. The van der Waals surface area contributed by atoms with E-state index in [-0.39, 0.29) is 24.0 Å². The van der Waals surface area contributed by atoms with Crippen molar-refractivity contribution in [3.63, 3.8) is 0 Å². The number of hydrogen-bond acceptors (Lipinski definition) is 3. The summed E-state index contributed by atoms with van der Waals surface area (Å²) >= 11 is 0. The number of halogens is 3. The van der Waals surface area contributed by atoms with Crippen molar-refractivity contribution < 1.29 is 8.78 Å². The molecular formula is C21H28F2IN5. The normalized spacial score (nSPS) is 15.0. The maximum absolute atomic E-state index is 13.7. The van der Waals surface area contributed by atoms with E-state index in [2.05, 4.69) is 37.6 Å². The first-order valence-corrected chi connectivity index (χ1v) is 9.64. The van der Waals surface area contributed by atoms with Crippen LogP contribution in [-0.2, 0) is 6.42 Å². The highest BCUT2D eigenvalue weighted by atomic mass is 127. The van der Waals surface area contributed by atoms with Gasteiger partial charge in [-0.25, -0.2) is 13.8 Å². The molecule has 3 rings (SSSR count). The first-order valence-electron chi connectivity index (χ1n) is 9.64. The molecule has 1 fully saturated rings. The molecule has 2 heterocycles. The van der Waals surface area contributed by atoms with E-state index in [4.69, 9.17) is 0 Å². The van der Waals surface area contributed by atoms with Crippen molar-refractivity contribution in [3.8, 4) is 0 Å². The van der Waals surface area contributed by atoms with Gasteiger partial charge in [-0.3, -0.25) is 4.99 Å². The van der Waals surface area contributed by atoms with Crippen LogP contribution in [0.15, 0.2) is 41.5 Å². The fourth-order valence-electron chi connectivity index (χ4n) is 3.33. The number of aliphatic imine (C=N–C) groups is 1. The van der Waals surface area contributed by atoms with E-state index in [0.717, 1.165) is 43.4 Å². The van der Waals surface area contributed by atoms with Gasteiger partial charge in [0, 0.05) is 45.0 Å². The van der Waals surface area contributed by atoms with Crippen LogP contribution in [0.2, 0.25) is 0 Å². The van der Waals surface area contributed by atoms with Crippen LogP contribution in [0.3, 0.4) is 0 Å². The van der Waals surface area contributed by atoms with E-state index in [1.54, 1.807) is 7.05 Å². The molecule has 29 heavy (non-hydrogen) atoms. The highest BCUT2D eigenvalue weighted by Gasteiger charge is 2.20. The number of benzene rings is 1. The van der Waals surface area contributed by atoms with Crippen molar-refractivity contribution >= 4 is 35.8 Å². The second kappa shape index (κ2) is 11.3. The minimum absolute atomic E-state index is 0. The van der Waals surface area contributed by atoms with E-state index in [1.807, 2.05) is 13.1 Å². The van der Waals surface area contributed by atoms with Gasteiger partial charge >= 0.3 is 0 Å². The summed E-state index contributed by atoms with van der Waals surface area (Å²) in [6, 6.07) is 8.16. The lowest BCUT2D eigenvalue weighted by Gasteiger charge is -2.33. The number of aryl methyl sites for hydroxylation is 1. The smallest absolute Gasteiger partial charge is 0.191 e. The average Bonchev–Trinajstić information content (AvgIpc) is 2.70. The van der Waals surface area contributed by atoms with Gasteiger partial charge in [0.05, 0.1) is 0 Å². The van der Waals surface area contributed by atoms with Crippen molar-refractivity contribution in [1.29, 1.82) is 0 Å². The van der Waals surface area contributed by atoms with Gasteiger partial charge in [-0.15, -0.1) is 24.0 Å². The number of guanidine groups is 1. The van der Waals surface area contributed by atoms with Gasteiger partial charge in [-0.2, -0.15) is 0 Å². The molecule has 0 amide bonds. The lowest BCUT2D eigenvalue weighted by Crippen LogP contribution is -2.49. The third kappa shape index (κ3) is 6.80. The molecule has 0 spiro atoms. The average molecular weight is 515 g/mol. The minimum atomic E-state index is -0.557. The van der Waals surface area contributed by atoms with Gasteiger partial charge in [0.15, 0.2) is 5.96 Å². The second-order valence-corrected chi connectivity index (χ2v) is 7.08. The summed E-state index contributed by atoms with van der Waals surface area (Å²) in [6.07, 6.45) is 4.34. The first kappa shape index (κ1) is 23.3. The summed E-state index contributed by atoms with van der Waals surface area (Å²) in [6.45, 7) is 4.43. The Morgan fingerprint density at radius 2 is 1.97 bits per heavy atom. The summed E-state index contributed by atoms with van der Waals surface area (Å²) in [5, 5.41) is 6.64. The van der Waals surface area contributed by atoms with E-state index < -0.39 is 11.6 Å². The summed E-state index contributed by atoms with van der Waals surface area (Å²) in [5.74, 6) is 0.656. The molecule has 0 atom stereocenters. The van der Waals surface area contributed by atoms with Crippen molar-refractivity contribution in [2.45, 2.75) is 32.2 Å². The van der Waals surface area contributed by atoms with Gasteiger partial charge in [0.2, 0.25) is 0 Å². The largest absolute Gasteiger partial charge is 0.356 e. The Kier molecular flexibility index (Phi) is 9.06. The van der Waals surface area contributed by atoms with Crippen LogP contribution in [-0.4, -0.2) is 43.7 Å². The van der Waals surface area contributed by atoms with E-state index >= 15 is 0 Å². The first-order chi connectivity index (χ1) is 13.5. The zero-order valence-corrected chi connectivity index (χ0v) is 19.1. The molecule has 0 aliphatic carbocycles. The summed E-state index contributed by atoms with van der Waals surface area (Å²) in [7, 11) is 1.72. The van der Waals surface area contributed by atoms with Crippen LogP contribution in [0.5, 0.6) is 0 Å². The molecule has 2 N–H and O–H groups in total. The molecule has 8 heteroatoms. The predicted octanol–water partition coefficient (Wildman–Crippen LogP) is 3.66. The maximum atomic E-state index is 13.7. The molecule has 158 valence electrons. The number of piperidine rings is 1. The molecule has 1 aromatic carbocycles. The van der Waals surface area contributed by atoms with Crippen molar-refractivity contribution in [2.24, 2.45) is 4.99 Å². The molecule has 0 radical (unpaired) electrons. The van der Waals surface area contributed by atoms with Crippen LogP contribution in [0.25, 0.3) is 0 Å². The zero-order chi connectivity index (χ0) is 19.9. The zero-order valence-electron chi connectivity index (χ0n) is 16.8. The quantitative estimate of drug-likeness (QED) is 0.363. The molecule has 1 aromatic heterocycles. The maximum Gasteiger partial charge on any atom is 0.191 e. The van der Waals surface area contributed by atoms with Crippen LogP contribution >= 0.6 is 24.0 Å². The molecule has 0 unspecified atom stereocenters. The van der Waals surface area contributed by atoms with Crippen molar-refractivity contribution in [1.82, 2.24) is 15.6 Å².